The van der Waals surface area contributed by atoms with Gasteiger partial charge in [-0.25, -0.2) is 0 Å². The molecule has 2 nitrogen and oxygen atoms in total. The SMILES string of the molecule is CCN(CC)P(C1C2=C(C=CCC2)C=Cc2ccccc21)N(CC)CC. The summed E-state index contributed by atoms with van der Waals surface area (Å²) in [7, 11) is -0.418. The van der Waals surface area contributed by atoms with Gasteiger partial charge >= 0.3 is 0 Å². The van der Waals surface area contributed by atoms with Gasteiger partial charge in [-0.3, -0.25) is 9.34 Å². The molecule has 1 atom stereocenters. The van der Waals surface area contributed by atoms with E-state index >= 15 is 0 Å². The van der Waals surface area contributed by atoms with Crippen molar-refractivity contribution in [2.75, 3.05) is 26.2 Å². The maximum Gasteiger partial charge on any atom is 0.0536 e. The molecule has 0 heterocycles. The first-order valence-electron chi connectivity index (χ1n) is 10.2. The van der Waals surface area contributed by atoms with Crippen LogP contribution < -0.4 is 0 Å². The van der Waals surface area contributed by atoms with Crippen LogP contribution in [0.5, 0.6) is 0 Å². The first kappa shape index (κ1) is 19.5. The Labute approximate surface area is 161 Å². The summed E-state index contributed by atoms with van der Waals surface area (Å²) in [6, 6.07) is 9.07. The Bertz CT molecular complexity index is 684. The third-order valence-corrected chi connectivity index (χ3v) is 8.92. The van der Waals surface area contributed by atoms with Gasteiger partial charge in [0.2, 0.25) is 0 Å². The summed E-state index contributed by atoms with van der Waals surface area (Å²) in [5.74, 6) is 0. The zero-order valence-electron chi connectivity index (χ0n) is 16.8. The molecule has 0 amide bonds. The van der Waals surface area contributed by atoms with Crippen LogP contribution in [0.3, 0.4) is 0 Å². The maximum absolute atomic E-state index is 2.72. The minimum atomic E-state index is -0.418. The van der Waals surface area contributed by atoms with E-state index in [1.54, 1.807) is 5.57 Å². The largest absolute Gasteiger partial charge is 0.270 e. The molecule has 3 heteroatoms. The van der Waals surface area contributed by atoms with Gasteiger partial charge in [0.25, 0.3) is 0 Å². The molecular weight excluding hydrogens is 335 g/mol. The van der Waals surface area contributed by atoms with Gasteiger partial charge in [0.15, 0.2) is 0 Å². The van der Waals surface area contributed by atoms with Gasteiger partial charge < -0.3 is 0 Å². The van der Waals surface area contributed by atoms with Crippen LogP contribution in [-0.4, -0.2) is 35.5 Å². The predicted molar refractivity (Wildman–Crippen MR) is 116 cm³/mol. The number of benzene rings is 1. The molecule has 0 fully saturated rings. The molecule has 0 spiro atoms. The van der Waals surface area contributed by atoms with Crippen LogP contribution >= 0.6 is 8.22 Å². The molecule has 0 saturated heterocycles. The highest BCUT2D eigenvalue weighted by Gasteiger charge is 2.36. The highest BCUT2D eigenvalue weighted by atomic mass is 31.1. The van der Waals surface area contributed by atoms with E-state index in [0.717, 1.165) is 26.2 Å². The predicted octanol–water partition coefficient (Wildman–Crippen LogP) is 6.40. The summed E-state index contributed by atoms with van der Waals surface area (Å²) in [5.41, 5.74) is 6.51. The molecule has 2 aliphatic rings. The lowest BCUT2D eigenvalue weighted by molar-refractivity contribution is 0.416. The molecule has 0 saturated carbocycles. The molecule has 1 aromatic rings. The Morgan fingerprint density at radius 1 is 0.885 bits per heavy atom. The molecule has 26 heavy (non-hydrogen) atoms. The second-order valence-corrected chi connectivity index (χ2v) is 9.17. The summed E-state index contributed by atoms with van der Waals surface area (Å²) >= 11 is 0. The average molecular weight is 369 g/mol. The Balaban J connectivity index is 2.19. The van der Waals surface area contributed by atoms with Crippen molar-refractivity contribution in [1.82, 2.24) is 9.34 Å². The van der Waals surface area contributed by atoms with Crippen LogP contribution in [0.15, 0.2) is 53.6 Å². The van der Waals surface area contributed by atoms with Gasteiger partial charge in [0.05, 0.1) is 13.9 Å². The fourth-order valence-electron chi connectivity index (χ4n) is 4.23. The maximum atomic E-state index is 2.72. The van der Waals surface area contributed by atoms with E-state index < -0.39 is 8.22 Å². The van der Waals surface area contributed by atoms with Crippen LogP contribution in [0.1, 0.15) is 57.3 Å². The van der Waals surface area contributed by atoms with Crippen molar-refractivity contribution in [2.24, 2.45) is 0 Å². The lowest BCUT2D eigenvalue weighted by atomic mass is 9.92. The second kappa shape index (κ2) is 9.13. The normalized spacial score (nSPS) is 19.3. The first-order valence-corrected chi connectivity index (χ1v) is 11.5. The van der Waals surface area contributed by atoms with Gasteiger partial charge in [0, 0.05) is 26.2 Å². The van der Waals surface area contributed by atoms with E-state index in [-0.39, 0.29) is 0 Å². The van der Waals surface area contributed by atoms with Crippen LogP contribution in [0.25, 0.3) is 6.08 Å². The van der Waals surface area contributed by atoms with Crippen molar-refractivity contribution >= 4 is 14.3 Å². The summed E-state index contributed by atoms with van der Waals surface area (Å²) in [4.78, 5) is 0. The van der Waals surface area contributed by atoms with Crippen molar-refractivity contribution in [3.63, 3.8) is 0 Å². The Kier molecular flexibility index (Phi) is 6.86. The minimum Gasteiger partial charge on any atom is -0.270 e. The molecular formula is C23H33N2P. The molecule has 0 radical (unpaired) electrons. The van der Waals surface area contributed by atoms with E-state index in [1.165, 1.54) is 29.5 Å². The summed E-state index contributed by atoms with van der Waals surface area (Å²) in [6.45, 7) is 13.7. The van der Waals surface area contributed by atoms with E-state index in [4.69, 9.17) is 0 Å². The molecule has 0 aromatic heterocycles. The number of fused-ring (bicyclic) bond motifs is 1. The van der Waals surface area contributed by atoms with E-state index in [1.807, 2.05) is 0 Å². The van der Waals surface area contributed by atoms with Crippen LogP contribution in [0.4, 0.5) is 0 Å². The van der Waals surface area contributed by atoms with Crippen LogP contribution in [0.2, 0.25) is 0 Å². The first-order chi connectivity index (χ1) is 12.7. The average Bonchev–Trinajstić information content (AvgIpc) is 2.85. The summed E-state index contributed by atoms with van der Waals surface area (Å²) in [6.07, 6.45) is 11.7. The standard InChI is InChI=1S/C23H33N2P/c1-5-24(6-2)26(25(7-3)8-4)23-21-15-11-9-13-19(21)17-18-20-14-10-12-16-22(20)23/h9-11,13-15,17-18,23H,5-8,12,16H2,1-4H3. The van der Waals surface area contributed by atoms with Crippen molar-refractivity contribution in [1.29, 1.82) is 0 Å². The molecule has 0 N–H and O–H groups in total. The summed E-state index contributed by atoms with van der Waals surface area (Å²) < 4.78 is 5.44. The number of nitrogens with zero attached hydrogens (tertiary/aromatic N) is 2. The highest BCUT2D eigenvalue weighted by Crippen LogP contribution is 2.62. The lowest BCUT2D eigenvalue weighted by Gasteiger charge is -2.44. The van der Waals surface area contributed by atoms with Crippen LogP contribution in [0, 0.1) is 0 Å². The van der Waals surface area contributed by atoms with Gasteiger partial charge in [-0.1, -0.05) is 76.3 Å². The smallest absolute Gasteiger partial charge is 0.0536 e. The van der Waals surface area contributed by atoms with Crippen molar-refractivity contribution in [3.8, 4) is 0 Å². The zero-order chi connectivity index (χ0) is 18.5. The minimum absolute atomic E-state index is 0.418. The third-order valence-electron chi connectivity index (χ3n) is 5.58. The molecule has 2 aliphatic carbocycles. The molecule has 140 valence electrons. The van der Waals surface area contributed by atoms with Gasteiger partial charge in [-0.15, -0.1) is 0 Å². The van der Waals surface area contributed by atoms with E-state index in [9.17, 15) is 0 Å². The summed E-state index contributed by atoms with van der Waals surface area (Å²) in [5, 5.41) is 0. The van der Waals surface area contributed by atoms with Gasteiger partial charge in [-0.2, -0.15) is 0 Å². The Morgan fingerprint density at radius 3 is 2.19 bits per heavy atom. The van der Waals surface area contributed by atoms with E-state index in [0.29, 0.717) is 5.66 Å². The van der Waals surface area contributed by atoms with E-state index in [2.05, 4.69) is 85.6 Å². The highest BCUT2D eigenvalue weighted by molar-refractivity contribution is 7.53. The molecule has 0 aliphatic heterocycles. The van der Waals surface area contributed by atoms with Crippen molar-refractivity contribution in [3.05, 3.63) is 64.8 Å². The van der Waals surface area contributed by atoms with Gasteiger partial charge in [0.1, 0.15) is 0 Å². The molecule has 1 aromatic carbocycles. The zero-order valence-corrected chi connectivity index (χ0v) is 17.7. The Hall–Kier alpha value is -1.21. The molecule has 0 bridgehead atoms. The Morgan fingerprint density at radius 2 is 1.54 bits per heavy atom. The quantitative estimate of drug-likeness (QED) is 0.514. The van der Waals surface area contributed by atoms with Crippen molar-refractivity contribution < 1.29 is 0 Å². The second-order valence-electron chi connectivity index (χ2n) is 6.88. The fourth-order valence-corrected chi connectivity index (χ4v) is 7.44. The van der Waals surface area contributed by atoms with Gasteiger partial charge in [-0.05, 0) is 35.1 Å². The number of rotatable bonds is 7. The monoisotopic (exact) mass is 368 g/mol. The number of hydrogen-bond donors (Lipinski definition) is 0. The van der Waals surface area contributed by atoms with Crippen molar-refractivity contribution in [2.45, 2.75) is 46.2 Å². The molecule has 1 unspecified atom stereocenters. The third kappa shape index (κ3) is 3.74. The number of hydrogen-bond acceptors (Lipinski definition) is 2. The topological polar surface area (TPSA) is 6.48 Å². The van der Waals surface area contributed by atoms with Crippen LogP contribution in [-0.2, 0) is 0 Å². The molecule has 3 rings (SSSR count). The fraction of sp³-hybridized carbons (Fsp3) is 0.478. The number of allylic oxidation sites excluding steroid dienone is 5. The lowest BCUT2D eigenvalue weighted by Crippen LogP contribution is -2.32.